The van der Waals surface area contributed by atoms with E-state index in [0.717, 1.165) is 25.7 Å². The molecule has 2 N–H and O–H groups in total. The zero-order chi connectivity index (χ0) is 25.9. The lowest BCUT2D eigenvalue weighted by Gasteiger charge is -2.18. The molecule has 8 nitrogen and oxygen atoms in total. The number of methoxy groups -OCH3 is 2. The molecule has 0 aliphatic heterocycles. The highest BCUT2D eigenvalue weighted by atomic mass is 16.5. The van der Waals surface area contributed by atoms with Gasteiger partial charge in [-0.25, -0.2) is 4.79 Å². The summed E-state index contributed by atoms with van der Waals surface area (Å²) < 4.78 is 9.46. The van der Waals surface area contributed by atoms with Crippen molar-refractivity contribution in [1.29, 1.82) is 0 Å². The quantitative estimate of drug-likeness (QED) is 0.494. The zero-order valence-electron chi connectivity index (χ0n) is 20.6. The minimum atomic E-state index is -0.351. The van der Waals surface area contributed by atoms with Crippen LogP contribution >= 0.6 is 0 Å². The molecule has 2 aromatic rings. The maximum Gasteiger partial charge on any atom is 0.335 e. The van der Waals surface area contributed by atoms with Crippen molar-refractivity contribution < 1.29 is 30.1 Å². The first-order valence-electron chi connectivity index (χ1n) is 12.0. The molecule has 1 saturated carbocycles. The highest BCUT2D eigenvalue weighted by molar-refractivity contribution is 5.97. The molecule has 2 unspecified atom stereocenters. The largest absolute Gasteiger partial charge is 0.469 e. The van der Waals surface area contributed by atoms with Gasteiger partial charge in [-0.1, -0.05) is 57.7 Å². The Morgan fingerprint density at radius 3 is 1.89 bits per heavy atom. The number of carbonyl (C=O) groups is 4. The molecule has 208 valence electrons. The summed E-state index contributed by atoms with van der Waals surface area (Å²) in [6.07, 6.45) is 4.80. The summed E-state index contributed by atoms with van der Waals surface area (Å²) in [5, 5.41) is 5.72. The first-order valence-corrected chi connectivity index (χ1v) is 12.0. The van der Waals surface area contributed by atoms with Crippen LogP contribution in [-0.2, 0) is 19.1 Å². The van der Waals surface area contributed by atoms with E-state index in [4.69, 9.17) is 9.47 Å². The van der Waals surface area contributed by atoms with Gasteiger partial charge in [-0.3, -0.25) is 14.4 Å². The molecular formula is C30H42N2O6. The summed E-state index contributed by atoms with van der Waals surface area (Å²) in [5.74, 6) is -1.10. The van der Waals surface area contributed by atoms with Gasteiger partial charge >= 0.3 is 11.9 Å². The van der Waals surface area contributed by atoms with Crippen LogP contribution < -0.4 is 10.6 Å². The van der Waals surface area contributed by atoms with E-state index < -0.39 is 0 Å². The van der Waals surface area contributed by atoms with Gasteiger partial charge in [0.1, 0.15) is 0 Å². The molecular weight excluding hydrogens is 484 g/mol. The van der Waals surface area contributed by atoms with Crippen LogP contribution in [-0.4, -0.2) is 44.0 Å². The number of esters is 2. The molecule has 0 bridgehead atoms. The second-order valence-electron chi connectivity index (χ2n) is 8.63. The third-order valence-corrected chi connectivity index (χ3v) is 6.32. The maximum atomic E-state index is 12.0. The van der Waals surface area contributed by atoms with E-state index in [2.05, 4.69) is 10.6 Å². The smallest absolute Gasteiger partial charge is 0.335 e. The summed E-state index contributed by atoms with van der Waals surface area (Å²) in [4.78, 5) is 47.0. The van der Waals surface area contributed by atoms with Crippen molar-refractivity contribution >= 4 is 23.8 Å². The molecule has 0 aromatic heterocycles. The molecule has 2 aliphatic carbocycles. The molecule has 0 saturated heterocycles. The van der Waals surface area contributed by atoms with Crippen molar-refractivity contribution in [2.45, 2.75) is 59.4 Å². The molecule has 2 aliphatic rings. The van der Waals surface area contributed by atoms with E-state index in [0.29, 0.717) is 35.2 Å². The predicted molar refractivity (Wildman–Crippen MR) is 149 cm³/mol. The Labute approximate surface area is 227 Å². The summed E-state index contributed by atoms with van der Waals surface area (Å²) in [5.41, 5.74) is 2.48. The van der Waals surface area contributed by atoms with Crippen LogP contribution in [0.15, 0.2) is 71.9 Å². The number of hydrogen-bond acceptors (Lipinski definition) is 6. The summed E-state index contributed by atoms with van der Waals surface area (Å²) in [6, 6.07) is 17.9. The summed E-state index contributed by atoms with van der Waals surface area (Å²) in [6.45, 7) is 0. The van der Waals surface area contributed by atoms with Crippen LogP contribution in [0.1, 0.15) is 75.5 Å². The lowest BCUT2D eigenvalue weighted by Crippen LogP contribution is -2.40. The Bertz CT molecular complexity index is 1100. The standard InChI is InChI=1S/C14H17NO3.C14H15NO3.2CH4.H2/c2*1-18-14(17)11-8-5-9-12(11)15-13(16)10-6-3-2-4-7-10;;;/h2-4,6-7,11-12H,5,8-9H2,1H3,(H,15,16);2-4,6-7H,5,8-9H2,1H3,(H,15,16);2*1H4;1H. The number of hydrogen-bond donors (Lipinski definition) is 2. The predicted octanol–water partition coefficient (Wildman–Crippen LogP) is 5.30. The average molecular weight is 527 g/mol. The highest BCUT2D eigenvalue weighted by Gasteiger charge is 2.34. The fraction of sp³-hybridized carbons (Fsp3) is 0.400. The molecule has 38 heavy (non-hydrogen) atoms. The fourth-order valence-electron chi connectivity index (χ4n) is 4.44. The Kier molecular flexibility index (Phi) is 13.5. The Morgan fingerprint density at radius 2 is 1.34 bits per heavy atom. The molecule has 2 amide bonds. The van der Waals surface area contributed by atoms with E-state index in [1.54, 1.807) is 36.4 Å². The van der Waals surface area contributed by atoms with E-state index in [9.17, 15) is 19.2 Å². The van der Waals surface area contributed by atoms with Gasteiger partial charge < -0.3 is 20.1 Å². The Morgan fingerprint density at radius 1 is 0.763 bits per heavy atom. The molecule has 1 fully saturated rings. The number of allylic oxidation sites excluding steroid dienone is 1. The number of ether oxygens (including phenoxy) is 2. The third-order valence-electron chi connectivity index (χ3n) is 6.32. The number of amides is 2. The van der Waals surface area contributed by atoms with Gasteiger partial charge in [-0.15, -0.1) is 0 Å². The normalized spacial score (nSPS) is 17.5. The van der Waals surface area contributed by atoms with E-state index in [-0.39, 0.29) is 52.0 Å². The van der Waals surface area contributed by atoms with Crippen LogP contribution in [0.5, 0.6) is 0 Å². The SMILES string of the molecule is C.C.COC(=O)C1=C(NC(=O)c2ccccc2)CCC1.COC(=O)C1CCCC1NC(=O)c1ccccc1.[HH]. The van der Waals surface area contributed by atoms with Gasteiger partial charge in [0.2, 0.25) is 0 Å². The first-order chi connectivity index (χ1) is 17.4. The minimum Gasteiger partial charge on any atom is -0.469 e. The van der Waals surface area contributed by atoms with Crippen molar-refractivity contribution in [1.82, 2.24) is 10.6 Å². The first kappa shape index (κ1) is 32.1. The van der Waals surface area contributed by atoms with Gasteiger partial charge in [0.15, 0.2) is 0 Å². The second kappa shape index (κ2) is 16.0. The molecule has 8 heteroatoms. The Balaban J connectivity index is 0.000000688. The average Bonchev–Trinajstić information content (AvgIpc) is 3.58. The number of carbonyl (C=O) groups excluding carboxylic acids is 4. The number of nitrogens with one attached hydrogen (secondary N) is 2. The molecule has 0 spiro atoms. The molecule has 2 aromatic carbocycles. The molecule has 0 heterocycles. The van der Waals surface area contributed by atoms with Crippen LogP contribution in [0.25, 0.3) is 0 Å². The van der Waals surface area contributed by atoms with Crippen LogP contribution in [0.3, 0.4) is 0 Å². The van der Waals surface area contributed by atoms with Crippen LogP contribution in [0.2, 0.25) is 0 Å². The molecule has 4 rings (SSSR count). The monoisotopic (exact) mass is 526 g/mol. The lowest BCUT2D eigenvalue weighted by molar-refractivity contribution is -0.145. The summed E-state index contributed by atoms with van der Waals surface area (Å²) >= 11 is 0. The maximum absolute atomic E-state index is 12.0. The van der Waals surface area contributed by atoms with Crippen molar-refractivity contribution in [2.75, 3.05) is 14.2 Å². The number of benzene rings is 2. The van der Waals surface area contributed by atoms with Crippen molar-refractivity contribution in [3.63, 3.8) is 0 Å². The van der Waals surface area contributed by atoms with E-state index in [1.165, 1.54) is 14.2 Å². The van der Waals surface area contributed by atoms with E-state index in [1.807, 2.05) is 24.3 Å². The van der Waals surface area contributed by atoms with Crippen molar-refractivity contribution in [2.24, 2.45) is 5.92 Å². The topological polar surface area (TPSA) is 111 Å². The zero-order valence-corrected chi connectivity index (χ0v) is 20.6. The van der Waals surface area contributed by atoms with Gasteiger partial charge in [-0.05, 0) is 56.4 Å². The van der Waals surface area contributed by atoms with Crippen LogP contribution in [0, 0.1) is 5.92 Å². The third kappa shape index (κ3) is 8.57. The summed E-state index contributed by atoms with van der Waals surface area (Å²) in [7, 11) is 2.74. The van der Waals surface area contributed by atoms with Crippen molar-refractivity contribution in [3.8, 4) is 0 Å². The van der Waals surface area contributed by atoms with Crippen molar-refractivity contribution in [3.05, 3.63) is 83.1 Å². The second-order valence-corrected chi connectivity index (χ2v) is 8.63. The van der Waals surface area contributed by atoms with E-state index >= 15 is 0 Å². The van der Waals surface area contributed by atoms with Gasteiger partial charge in [0.05, 0.1) is 25.7 Å². The van der Waals surface area contributed by atoms with Gasteiger partial charge in [0.25, 0.3) is 11.8 Å². The fourth-order valence-corrected chi connectivity index (χ4v) is 4.44. The lowest BCUT2D eigenvalue weighted by atomic mass is 10.0. The highest BCUT2D eigenvalue weighted by Crippen LogP contribution is 2.27. The van der Waals surface area contributed by atoms with Crippen LogP contribution in [0.4, 0.5) is 0 Å². The van der Waals surface area contributed by atoms with Gasteiger partial charge in [0, 0.05) is 24.3 Å². The Hall–Kier alpha value is -3.94. The van der Waals surface area contributed by atoms with Gasteiger partial charge in [-0.2, -0.15) is 0 Å². The molecule has 0 radical (unpaired) electrons. The minimum absolute atomic E-state index is 0. The number of rotatable bonds is 6. The molecule has 2 atom stereocenters.